The Morgan fingerprint density at radius 1 is 1.47 bits per heavy atom. The van der Waals surface area contributed by atoms with Crippen LogP contribution in [0.1, 0.15) is 54.7 Å². The summed E-state index contributed by atoms with van der Waals surface area (Å²) in [6.07, 6.45) is 7.84. The Morgan fingerprint density at radius 3 is 2.95 bits per heavy atom. The van der Waals surface area contributed by atoms with Gasteiger partial charge in [-0.3, -0.25) is 0 Å². The van der Waals surface area contributed by atoms with E-state index in [4.69, 9.17) is 4.74 Å². The molecule has 3 nitrogen and oxygen atoms in total. The van der Waals surface area contributed by atoms with E-state index in [1.165, 1.54) is 24.8 Å². The standard InChI is InChI=1S/C16H21NO2/c1-3-19-15(18)14-13-9-11(10-16(2)5-6-16)8-12(13)4-7-17-14/h4,7,11H,3,5-6,8-10H2,1-2H3. The van der Waals surface area contributed by atoms with Gasteiger partial charge in [-0.15, -0.1) is 0 Å². The zero-order valence-corrected chi connectivity index (χ0v) is 11.7. The second-order valence-corrected chi connectivity index (χ2v) is 6.31. The number of aromatic nitrogens is 1. The zero-order valence-electron chi connectivity index (χ0n) is 11.7. The lowest BCUT2D eigenvalue weighted by atomic mass is 9.91. The van der Waals surface area contributed by atoms with E-state index in [1.807, 2.05) is 6.92 Å². The summed E-state index contributed by atoms with van der Waals surface area (Å²) in [7, 11) is 0. The minimum absolute atomic E-state index is 0.266. The third-order valence-corrected chi connectivity index (χ3v) is 4.51. The molecule has 2 aliphatic carbocycles. The molecule has 0 aliphatic heterocycles. The number of nitrogens with zero attached hydrogens (tertiary/aromatic N) is 1. The fraction of sp³-hybridized carbons (Fsp3) is 0.625. The molecular formula is C16H21NO2. The summed E-state index contributed by atoms with van der Waals surface area (Å²) in [6, 6.07) is 2.06. The van der Waals surface area contributed by atoms with Crippen molar-refractivity contribution in [3.05, 3.63) is 29.1 Å². The van der Waals surface area contributed by atoms with E-state index in [0.717, 1.165) is 18.4 Å². The average molecular weight is 259 g/mol. The number of hydrogen-bond donors (Lipinski definition) is 0. The number of carbonyl (C=O) groups is 1. The van der Waals surface area contributed by atoms with E-state index in [9.17, 15) is 4.79 Å². The van der Waals surface area contributed by atoms with Gasteiger partial charge in [0.25, 0.3) is 0 Å². The fourth-order valence-corrected chi connectivity index (χ4v) is 3.26. The van der Waals surface area contributed by atoms with Crippen molar-refractivity contribution < 1.29 is 9.53 Å². The largest absolute Gasteiger partial charge is 0.461 e. The Kier molecular flexibility index (Phi) is 3.08. The summed E-state index contributed by atoms with van der Waals surface area (Å²) in [5.41, 5.74) is 3.55. The highest BCUT2D eigenvalue weighted by Gasteiger charge is 2.41. The average Bonchev–Trinajstić information content (AvgIpc) is 2.95. The van der Waals surface area contributed by atoms with Gasteiger partial charge in [0.05, 0.1) is 6.61 Å². The number of pyridine rings is 1. The van der Waals surface area contributed by atoms with Crippen LogP contribution in [0.2, 0.25) is 0 Å². The molecule has 1 aromatic heterocycles. The third kappa shape index (κ3) is 2.51. The predicted molar refractivity (Wildman–Crippen MR) is 73.0 cm³/mol. The van der Waals surface area contributed by atoms with E-state index in [-0.39, 0.29) is 5.97 Å². The quantitative estimate of drug-likeness (QED) is 0.780. The van der Waals surface area contributed by atoms with Crippen LogP contribution in [-0.4, -0.2) is 17.6 Å². The van der Waals surface area contributed by atoms with Crippen molar-refractivity contribution in [2.75, 3.05) is 6.61 Å². The molecule has 1 heterocycles. The SMILES string of the molecule is CCOC(=O)c1nccc2c1CC(CC1(C)CC1)C2. The molecule has 3 heteroatoms. The Bertz CT molecular complexity index is 505. The lowest BCUT2D eigenvalue weighted by Gasteiger charge is -2.14. The van der Waals surface area contributed by atoms with Gasteiger partial charge in [0.1, 0.15) is 0 Å². The highest BCUT2D eigenvalue weighted by Crippen LogP contribution is 2.51. The van der Waals surface area contributed by atoms with Crippen LogP contribution in [0.25, 0.3) is 0 Å². The van der Waals surface area contributed by atoms with Crippen molar-refractivity contribution in [1.29, 1.82) is 0 Å². The first kappa shape index (κ1) is 12.6. The van der Waals surface area contributed by atoms with Crippen LogP contribution in [0.4, 0.5) is 0 Å². The van der Waals surface area contributed by atoms with Gasteiger partial charge in [0.15, 0.2) is 5.69 Å². The van der Waals surface area contributed by atoms with E-state index < -0.39 is 0 Å². The fourth-order valence-electron chi connectivity index (χ4n) is 3.26. The second-order valence-electron chi connectivity index (χ2n) is 6.31. The summed E-state index contributed by atoms with van der Waals surface area (Å²) in [5.74, 6) is 0.414. The molecule has 0 aromatic carbocycles. The minimum atomic E-state index is -0.266. The Labute approximate surface area is 114 Å². The van der Waals surface area contributed by atoms with Gasteiger partial charge in [-0.05, 0) is 67.6 Å². The zero-order chi connectivity index (χ0) is 13.5. The van der Waals surface area contributed by atoms with Crippen LogP contribution >= 0.6 is 0 Å². The van der Waals surface area contributed by atoms with Crippen LogP contribution < -0.4 is 0 Å². The second kappa shape index (κ2) is 4.62. The van der Waals surface area contributed by atoms with Crippen molar-refractivity contribution in [3.8, 4) is 0 Å². The van der Waals surface area contributed by atoms with Gasteiger partial charge < -0.3 is 4.74 Å². The molecule has 0 N–H and O–H groups in total. The van der Waals surface area contributed by atoms with E-state index >= 15 is 0 Å². The van der Waals surface area contributed by atoms with Gasteiger partial charge in [-0.1, -0.05) is 6.92 Å². The molecule has 1 unspecified atom stereocenters. The first-order valence-electron chi connectivity index (χ1n) is 7.25. The van der Waals surface area contributed by atoms with Crippen LogP contribution in [0.3, 0.4) is 0 Å². The predicted octanol–water partition coefficient (Wildman–Crippen LogP) is 3.16. The molecule has 1 atom stereocenters. The summed E-state index contributed by atoms with van der Waals surface area (Å²) >= 11 is 0. The smallest absolute Gasteiger partial charge is 0.357 e. The topological polar surface area (TPSA) is 39.2 Å². The Balaban J connectivity index is 1.78. The molecule has 0 saturated heterocycles. The first-order valence-corrected chi connectivity index (χ1v) is 7.25. The molecule has 1 saturated carbocycles. The molecule has 102 valence electrons. The summed E-state index contributed by atoms with van der Waals surface area (Å²) in [6.45, 7) is 4.62. The first-order chi connectivity index (χ1) is 9.11. The summed E-state index contributed by atoms with van der Waals surface area (Å²) in [4.78, 5) is 16.2. The van der Waals surface area contributed by atoms with Gasteiger partial charge in [0.2, 0.25) is 0 Å². The van der Waals surface area contributed by atoms with Gasteiger partial charge in [-0.25, -0.2) is 9.78 Å². The van der Waals surface area contributed by atoms with Gasteiger partial charge in [0, 0.05) is 6.20 Å². The maximum absolute atomic E-state index is 11.9. The molecule has 2 aliphatic rings. The lowest BCUT2D eigenvalue weighted by Crippen LogP contribution is -2.11. The molecule has 0 radical (unpaired) electrons. The van der Waals surface area contributed by atoms with Crippen molar-refractivity contribution in [3.63, 3.8) is 0 Å². The number of rotatable bonds is 4. The molecule has 1 fully saturated rings. The van der Waals surface area contributed by atoms with Crippen LogP contribution in [0, 0.1) is 11.3 Å². The molecule has 1 aromatic rings. The highest BCUT2D eigenvalue weighted by atomic mass is 16.5. The van der Waals surface area contributed by atoms with Crippen molar-refractivity contribution in [1.82, 2.24) is 4.98 Å². The number of hydrogen-bond acceptors (Lipinski definition) is 3. The summed E-state index contributed by atoms with van der Waals surface area (Å²) in [5, 5.41) is 0. The minimum Gasteiger partial charge on any atom is -0.461 e. The van der Waals surface area contributed by atoms with E-state index in [1.54, 1.807) is 6.20 Å². The van der Waals surface area contributed by atoms with Crippen molar-refractivity contribution in [2.45, 2.75) is 46.0 Å². The maximum Gasteiger partial charge on any atom is 0.357 e. The molecule has 0 spiro atoms. The normalized spacial score (nSPS) is 22.9. The van der Waals surface area contributed by atoms with Crippen molar-refractivity contribution in [2.24, 2.45) is 11.3 Å². The van der Waals surface area contributed by atoms with Crippen molar-refractivity contribution >= 4 is 5.97 Å². The molecule has 0 amide bonds. The molecule has 19 heavy (non-hydrogen) atoms. The third-order valence-electron chi connectivity index (χ3n) is 4.51. The van der Waals surface area contributed by atoms with Gasteiger partial charge >= 0.3 is 5.97 Å². The molecular weight excluding hydrogens is 238 g/mol. The highest BCUT2D eigenvalue weighted by molar-refractivity contribution is 5.89. The lowest BCUT2D eigenvalue weighted by molar-refractivity contribution is 0.0518. The van der Waals surface area contributed by atoms with Crippen LogP contribution in [0.5, 0.6) is 0 Å². The molecule has 3 rings (SSSR count). The number of esters is 1. The Morgan fingerprint density at radius 2 is 2.26 bits per heavy atom. The van der Waals surface area contributed by atoms with Gasteiger partial charge in [-0.2, -0.15) is 0 Å². The van der Waals surface area contributed by atoms with Crippen LogP contribution in [0.15, 0.2) is 12.3 Å². The van der Waals surface area contributed by atoms with E-state index in [0.29, 0.717) is 23.6 Å². The van der Waals surface area contributed by atoms with Crippen LogP contribution in [-0.2, 0) is 17.6 Å². The monoisotopic (exact) mass is 259 g/mol. The van der Waals surface area contributed by atoms with E-state index in [2.05, 4.69) is 18.0 Å². The molecule has 0 bridgehead atoms. The maximum atomic E-state index is 11.9. The summed E-state index contributed by atoms with van der Waals surface area (Å²) < 4.78 is 5.10. The number of ether oxygens (including phenoxy) is 1. The number of carbonyl (C=O) groups excluding carboxylic acids is 1. The Hall–Kier alpha value is -1.38. The number of fused-ring (bicyclic) bond motifs is 1.